The van der Waals surface area contributed by atoms with Gasteiger partial charge in [-0.25, -0.2) is 0 Å². The number of rotatable bonds is 3. The number of hydrogen-bond donors (Lipinski definition) is 1. The molecule has 0 aliphatic carbocycles. The van der Waals surface area contributed by atoms with Crippen LogP contribution < -0.4 is 14.8 Å². The summed E-state index contributed by atoms with van der Waals surface area (Å²) in [6, 6.07) is 21.7. The van der Waals surface area contributed by atoms with Gasteiger partial charge in [0.1, 0.15) is 6.61 Å². The van der Waals surface area contributed by atoms with Gasteiger partial charge >= 0.3 is 0 Å². The highest BCUT2D eigenvalue weighted by molar-refractivity contribution is 5.84. The number of para-hydroxylation sites is 2. The second-order valence-corrected chi connectivity index (χ2v) is 5.76. The molecule has 1 aliphatic heterocycles. The Bertz CT molecular complexity index is 891. The van der Waals surface area contributed by atoms with Crippen LogP contribution in [0.3, 0.4) is 0 Å². The molecule has 1 N–H and O–H groups in total. The summed E-state index contributed by atoms with van der Waals surface area (Å²) in [5, 5.41) is 5.27. The monoisotopic (exact) mass is 319 g/mol. The van der Waals surface area contributed by atoms with E-state index in [1.54, 1.807) is 6.07 Å². The van der Waals surface area contributed by atoms with Gasteiger partial charge in [-0.3, -0.25) is 4.79 Å². The van der Waals surface area contributed by atoms with Crippen LogP contribution in [-0.4, -0.2) is 18.6 Å². The van der Waals surface area contributed by atoms with E-state index in [2.05, 4.69) is 29.6 Å². The maximum atomic E-state index is 12.3. The molecule has 1 aliphatic rings. The smallest absolute Gasteiger partial charge is 0.264 e. The third kappa shape index (κ3) is 2.91. The normalized spacial score (nSPS) is 15.9. The van der Waals surface area contributed by atoms with Crippen LogP contribution in [0, 0.1) is 0 Å². The van der Waals surface area contributed by atoms with Gasteiger partial charge in [0.05, 0.1) is 0 Å². The van der Waals surface area contributed by atoms with Gasteiger partial charge in [0.2, 0.25) is 6.10 Å². The second-order valence-electron chi connectivity index (χ2n) is 5.76. The van der Waals surface area contributed by atoms with Crippen LogP contribution >= 0.6 is 0 Å². The number of carbonyl (C=O) groups is 1. The Labute approximate surface area is 140 Å². The summed E-state index contributed by atoms with van der Waals surface area (Å²) in [7, 11) is 0. The van der Waals surface area contributed by atoms with Crippen molar-refractivity contribution in [1.29, 1.82) is 0 Å². The van der Waals surface area contributed by atoms with Gasteiger partial charge in [-0.05, 0) is 34.5 Å². The zero-order chi connectivity index (χ0) is 16.4. The lowest BCUT2D eigenvalue weighted by atomic mass is 10.1. The fourth-order valence-corrected chi connectivity index (χ4v) is 2.80. The lowest BCUT2D eigenvalue weighted by Gasteiger charge is -2.25. The molecule has 1 heterocycles. The largest absolute Gasteiger partial charge is 0.485 e. The lowest BCUT2D eigenvalue weighted by molar-refractivity contribution is -0.130. The highest BCUT2D eigenvalue weighted by atomic mass is 16.6. The molecule has 0 saturated heterocycles. The predicted molar refractivity (Wildman–Crippen MR) is 92.1 cm³/mol. The summed E-state index contributed by atoms with van der Waals surface area (Å²) in [4.78, 5) is 12.3. The zero-order valence-corrected chi connectivity index (χ0v) is 13.1. The minimum atomic E-state index is -0.625. The van der Waals surface area contributed by atoms with Crippen molar-refractivity contribution in [2.45, 2.75) is 12.6 Å². The fourth-order valence-electron chi connectivity index (χ4n) is 2.80. The van der Waals surface area contributed by atoms with Crippen LogP contribution in [0.1, 0.15) is 5.56 Å². The summed E-state index contributed by atoms with van der Waals surface area (Å²) in [6.07, 6.45) is -0.625. The molecule has 0 radical (unpaired) electrons. The number of nitrogens with one attached hydrogen (secondary N) is 1. The van der Waals surface area contributed by atoms with E-state index in [0.29, 0.717) is 18.0 Å². The summed E-state index contributed by atoms with van der Waals surface area (Å²) in [5.41, 5.74) is 1.05. The Balaban J connectivity index is 1.41. The van der Waals surface area contributed by atoms with Gasteiger partial charge in [0.15, 0.2) is 11.5 Å². The van der Waals surface area contributed by atoms with Gasteiger partial charge < -0.3 is 14.8 Å². The molecule has 0 spiro atoms. The molecule has 0 bridgehead atoms. The van der Waals surface area contributed by atoms with Crippen LogP contribution in [0.4, 0.5) is 0 Å². The number of amides is 1. The van der Waals surface area contributed by atoms with Crippen LogP contribution in [0.5, 0.6) is 11.5 Å². The van der Waals surface area contributed by atoms with E-state index >= 15 is 0 Å². The molecule has 0 aromatic heterocycles. The standard InChI is InChI=1S/C20H17NO3/c22-20(19-13-23-17-7-3-4-8-18(17)24-19)21-12-14-9-10-15-5-1-2-6-16(15)11-14/h1-11,19H,12-13H2,(H,21,22)/t19-/m0/s1. The van der Waals surface area contributed by atoms with Gasteiger partial charge in [-0.1, -0.05) is 48.5 Å². The molecule has 3 aromatic carbocycles. The molecule has 120 valence electrons. The number of benzene rings is 3. The Morgan fingerprint density at radius 3 is 2.58 bits per heavy atom. The van der Waals surface area contributed by atoms with Crippen molar-refractivity contribution in [3.8, 4) is 11.5 Å². The van der Waals surface area contributed by atoms with Crippen LogP contribution in [0.25, 0.3) is 10.8 Å². The quantitative estimate of drug-likeness (QED) is 0.806. The molecule has 4 rings (SSSR count). The molecule has 3 aromatic rings. The first-order valence-electron chi connectivity index (χ1n) is 7.93. The molecule has 0 fully saturated rings. The predicted octanol–water partition coefficient (Wildman–Crippen LogP) is 3.30. The summed E-state index contributed by atoms with van der Waals surface area (Å²) >= 11 is 0. The average molecular weight is 319 g/mol. The van der Waals surface area contributed by atoms with Crippen molar-refractivity contribution in [1.82, 2.24) is 5.32 Å². The molecule has 4 nitrogen and oxygen atoms in total. The first-order valence-corrected chi connectivity index (χ1v) is 7.93. The molecular weight excluding hydrogens is 302 g/mol. The first kappa shape index (κ1) is 14.6. The summed E-state index contributed by atoms with van der Waals surface area (Å²) in [5.74, 6) is 1.11. The zero-order valence-electron chi connectivity index (χ0n) is 13.1. The van der Waals surface area contributed by atoms with E-state index in [1.165, 1.54) is 5.39 Å². The first-order chi connectivity index (χ1) is 11.8. The molecule has 1 amide bonds. The van der Waals surface area contributed by atoms with E-state index < -0.39 is 6.10 Å². The van der Waals surface area contributed by atoms with Gasteiger partial charge in [-0.2, -0.15) is 0 Å². The van der Waals surface area contributed by atoms with Gasteiger partial charge in [-0.15, -0.1) is 0 Å². The topological polar surface area (TPSA) is 47.6 Å². The van der Waals surface area contributed by atoms with E-state index in [1.807, 2.05) is 36.4 Å². The van der Waals surface area contributed by atoms with E-state index in [0.717, 1.165) is 10.9 Å². The minimum absolute atomic E-state index is 0.169. The molecule has 0 saturated carbocycles. The Kier molecular flexibility index (Phi) is 3.79. The van der Waals surface area contributed by atoms with Crippen molar-refractivity contribution in [2.75, 3.05) is 6.61 Å². The average Bonchev–Trinajstić information content (AvgIpc) is 2.65. The molecule has 1 atom stereocenters. The van der Waals surface area contributed by atoms with E-state index in [4.69, 9.17) is 9.47 Å². The maximum Gasteiger partial charge on any atom is 0.264 e. The van der Waals surface area contributed by atoms with Crippen LogP contribution in [0.2, 0.25) is 0 Å². The lowest BCUT2D eigenvalue weighted by Crippen LogP contribution is -2.43. The van der Waals surface area contributed by atoms with Crippen molar-refractivity contribution < 1.29 is 14.3 Å². The third-order valence-corrected chi connectivity index (χ3v) is 4.08. The van der Waals surface area contributed by atoms with Gasteiger partial charge in [0, 0.05) is 6.54 Å². The van der Waals surface area contributed by atoms with Crippen molar-refractivity contribution in [3.63, 3.8) is 0 Å². The fraction of sp³-hybridized carbons (Fsp3) is 0.150. The number of hydrogen-bond acceptors (Lipinski definition) is 3. The van der Waals surface area contributed by atoms with Crippen molar-refractivity contribution >= 4 is 16.7 Å². The minimum Gasteiger partial charge on any atom is -0.485 e. The van der Waals surface area contributed by atoms with Crippen LogP contribution in [0.15, 0.2) is 66.7 Å². The van der Waals surface area contributed by atoms with Gasteiger partial charge in [0.25, 0.3) is 5.91 Å². The Morgan fingerprint density at radius 1 is 0.958 bits per heavy atom. The van der Waals surface area contributed by atoms with E-state index in [-0.39, 0.29) is 12.5 Å². The summed E-state index contributed by atoms with van der Waals surface area (Å²) in [6.45, 7) is 0.686. The summed E-state index contributed by atoms with van der Waals surface area (Å²) < 4.78 is 11.3. The Morgan fingerprint density at radius 2 is 1.71 bits per heavy atom. The Hall–Kier alpha value is -3.01. The number of carbonyl (C=O) groups excluding carboxylic acids is 1. The second kappa shape index (κ2) is 6.24. The number of fused-ring (bicyclic) bond motifs is 2. The number of ether oxygens (including phenoxy) is 2. The molecule has 24 heavy (non-hydrogen) atoms. The van der Waals surface area contributed by atoms with E-state index in [9.17, 15) is 4.79 Å². The van der Waals surface area contributed by atoms with Crippen LogP contribution in [-0.2, 0) is 11.3 Å². The molecular formula is C20H17NO3. The van der Waals surface area contributed by atoms with Crippen molar-refractivity contribution in [2.24, 2.45) is 0 Å². The maximum absolute atomic E-state index is 12.3. The highest BCUT2D eigenvalue weighted by Gasteiger charge is 2.26. The molecule has 4 heteroatoms. The molecule has 0 unspecified atom stereocenters. The highest BCUT2D eigenvalue weighted by Crippen LogP contribution is 2.30. The third-order valence-electron chi connectivity index (χ3n) is 4.08. The van der Waals surface area contributed by atoms with Crippen molar-refractivity contribution in [3.05, 3.63) is 72.3 Å². The SMILES string of the molecule is O=C(NCc1ccc2ccccc2c1)[C@@H]1COc2ccccc2O1.